The Balaban J connectivity index is 1.29. The highest BCUT2D eigenvalue weighted by Crippen LogP contribution is 2.91. The zero-order chi connectivity index (χ0) is 46.4. The normalized spacial score (nSPS) is 44.3. The molecule has 7 rings (SSSR count). The zero-order valence-corrected chi connectivity index (χ0v) is 39.7. The molecule has 7 aliphatic rings. The summed E-state index contributed by atoms with van der Waals surface area (Å²) in [5, 5.41) is 0. The monoisotopic (exact) mass is 888 g/mol. The van der Waals surface area contributed by atoms with Gasteiger partial charge in [0.15, 0.2) is 30.7 Å². The number of ether oxygens (including phenoxy) is 9. The van der Waals surface area contributed by atoms with E-state index in [1.165, 1.54) is 41.5 Å². The van der Waals surface area contributed by atoms with Crippen LogP contribution in [0.4, 0.5) is 0 Å². The van der Waals surface area contributed by atoms with E-state index < -0.39 is 77.1 Å². The number of rotatable bonds is 12. The predicted molar refractivity (Wildman–Crippen MR) is 223 cm³/mol. The number of hydrogen-bond acceptors (Lipinski definition) is 15. The molecule has 354 valence electrons. The van der Waals surface area contributed by atoms with Gasteiger partial charge in [-0.25, -0.2) is 0 Å². The van der Waals surface area contributed by atoms with Crippen LogP contribution >= 0.6 is 0 Å². The highest BCUT2D eigenvalue weighted by atomic mass is 16.7. The van der Waals surface area contributed by atoms with Gasteiger partial charge in [-0.1, -0.05) is 34.6 Å². The second kappa shape index (κ2) is 16.5. The minimum atomic E-state index is -1.36. The highest BCUT2D eigenvalue weighted by molar-refractivity contribution is 5.69. The molecule has 5 saturated carbocycles. The average molecular weight is 889 g/mol. The highest BCUT2D eigenvalue weighted by Gasteiger charge is 2.86. The van der Waals surface area contributed by atoms with Gasteiger partial charge >= 0.3 is 35.8 Å². The van der Waals surface area contributed by atoms with Crippen molar-refractivity contribution in [3.8, 4) is 0 Å². The predicted octanol–water partition coefficient (Wildman–Crippen LogP) is 6.57. The van der Waals surface area contributed by atoms with Crippen molar-refractivity contribution >= 4 is 35.8 Å². The summed E-state index contributed by atoms with van der Waals surface area (Å²) in [7, 11) is 0. The van der Waals surface area contributed by atoms with E-state index in [4.69, 9.17) is 42.6 Å². The summed E-state index contributed by atoms with van der Waals surface area (Å²) in [6, 6.07) is 0. The van der Waals surface area contributed by atoms with Gasteiger partial charge in [0.25, 0.3) is 0 Å². The molecule has 0 aromatic rings. The lowest BCUT2D eigenvalue weighted by Gasteiger charge is -2.69. The van der Waals surface area contributed by atoms with Crippen molar-refractivity contribution < 1.29 is 71.4 Å². The van der Waals surface area contributed by atoms with Gasteiger partial charge in [-0.2, -0.15) is 0 Å². The van der Waals surface area contributed by atoms with Crippen LogP contribution in [0.1, 0.15) is 148 Å². The third-order valence-electron chi connectivity index (χ3n) is 17.7. The molecule has 2 saturated heterocycles. The van der Waals surface area contributed by atoms with Crippen LogP contribution in [0.2, 0.25) is 0 Å². The van der Waals surface area contributed by atoms with E-state index in [0.717, 1.165) is 51.4 Å². The number of fused-ring (bicyclic) bond motifs is 3. The van der Waals surface area contributed by atoms with E-state index in [1.807, 2.05) is 13.8 Å². The Labute approximate surface area is 372 Å². The van der Waals surface area contributed by atoms with Gasteiger partial charge < -0.3 is 42.6 Å². The minimum absolute atomic E-state index is 0.0321. The molecule has 15 heteroatoms. The topological polar surface area (TPSA) is 185 Å². The van der Waals surface area contributed by atoms with Crippen LogP contribution in [0.3, 0.4) is 0 Å². The standard InChI is InChI=1S/C48H72O15/c1-24(20-32-41(60-30(7)54)44(10,11)63-32)31-14-19-48-23-47(31,48)18-15-34-45(12)17-16-36(56-26(3)50)43(8,9)35(45)21-37(46(34,48)13)62-42-40(59-29(6)53)39(58-28(5)52)38(57-27(4)51)33(61-42)22-55-25(2)49/h24,31-42H,14-23H2,1-13H3/t24-,31-,32?,33+,34+,35-,36+,37+,38+,39-,40+,41?,42-,45+,46-,47+,48+/m0/s1. The molecule has 0 spiro atoms. The van der Waals surface area contributed by atoms with E-state index >= 15 is 0 Å². The van der Waals surface area contributed by atoms with Crippen molar-refractivity contribution in [2.45, 2.75) is 209 Å². The fourth-order valence-corrected chi connectivity index (χ4v) is 15.5. The lowest BCUT2D eigenvalue weighted by molar-refractivity contribution is -0.346. The van der Waals surface area contributed by atoms with Crippen molar-refractivity contribution in [1.29, 1.82) is 0 Å². The molecule has 15 nitrogen and oxygen atoms in total. The van der Waals surface area contributed by atoms with Crippen LogP contribution in [-0.4, -0.2) is 103 Å². The maximum Gasteiger partial charge on any atom is 0.303 e. The largest absolute Gasteiger partial charge is 0.463 e. The number of hydrogen-bond donors (Lipinski definition) is 0. The molecular weight excluding hydrogens is 817 g/mol. The molecule has 0 N–H and O–H groups in total. The average Bonchev–Trinajstić information content (AvgIpc) is 3.73. The number of carbonyl (C=O) groups is 6. The molecule has 0 bridgehead atoms. The van der Waals surface area contributed by atoms with Gasteiger partial charge in [0.2, 0.25) is 0 Å². The van der Waals surface area contributed by atoms with E-state index in [0.29, 0.717) is 12.3 Å². The van der Waals surface area contributed by atoms with Crippen molar-refractivity contribution in [2.75, 3.05) is 6.61 Å². The van der Waals surface area contributed by atoms with Gasteiger partial charge in [0.05, 0.1) is 12.2 Å². The Morgan fingerprint density at radius 3 is 1.83 bits per heavy atom. The van der Waals surface area contributed by atoms with E-state index in [9.17, 15) is 28.8 Å². The summed E-state index contributed by atoms with van der Waals surface area (Å²) >= 11 is 0. The summed E-state index contributed by atoms with van der Waals surface area (Å²) in [5.74, 6) is -2.42. The third kappa shape index (κ3) is 7.89. The van der Waals surface area contributed by atoms with Gasteiger partial charge in [-0.05, 0) is 112 Å². The summed E-state index contributed by atoms with van der Waals surface area (Å²) < 4.78 is 55.2. The molecule has 5 aliphatic carbocycles. The maximum absolute atomic E-state index is 12.9. The minimum Gasteiger partial charge on any atom is -0.463 e. The van der Waals surface area contributed by atoms with Gasteiger partial charge in [0.1, 0.15) is 24.4 Å². The molecule has 2 unspecified atom stereocenters. The SMILES string of the molecule is CC(=O)OC[C@H]1O[C@@H](O[C@@H]2C[C@H]3C(C)(C)[C@H](OC(C)=O)CC[C@]3(C)[C@H]3CC[C@]45C[C@]4(CC[C@H]5[C@@H](C)CC4OC(C)(C)C4OC(C)=O)[C@@]32C)[C@H](OC(C)=O)[C@@H](OC(C)=O)[C@@H]1OC(C)=O. The number of esters is 6. The van der Waals surface area contributed by atoms with Crippen LogP contribution in [0.25, 0.3) is 0 Å². The van der Waals surface area contributed by atoms with E-state index in [2.05, 4.69) is 34.6 Å². The lowest BCUT2D eigenvalue weighted by Crippen LogP contribution is -2.69. The molecule has 7 fully saturated rings. The van der Waals surface area contributed by atoms with Crippen LogP contribution < -0.4 is 0 Å². The van der Waals surface area contributed by atoms with E-state index in [-0.39, 0.29) is 70.9 Å². The van der Waals surface area contributed by atoms with Crippen LogP contribution in [0, 0.1) is 50.7 Å². The van der Waals surface area contributed by atoms with Crippen molar-refractivity contribution in [3.63, 3.8) is 0 Å². The Bertz CT molecular complexity index is 1840. The van der Waals surface area contributed by atoms with E-state index in [1.54, 1.807) is 0 Å². The molecule has 0 aromatic carbocycles. The smallest absolute Gasteiger partial charge is 0.303 e. The zero-order valence-electron chi connectivity index (χ0n) is 39.7. The molecule has 0 aromatic heterocycles. The molecule has 2 heterocycles. The molecular formula is C48H72O15. The van der Waals surface area contributed by atoms with Gasteiger partial charge in [-0.3, -0.25) is 28.8 Å². The summed E-state index contributed by atoms with van der Waals surface area (Å²) in [4.78, 5) is 75.0. The molecule has 0 amide bonds. The first-order valence-electron chi connectivity index (χ1n) is 23.2. The fourth-order valence-electron chi connectivity index (χ4n) is 15.5. The van der Waals surface area contributed by atoms with Crippen molar-refractivity contribution in [1.82, 2.24) is 0 Å². The van der Waals surface area contributed by atoms with Gasteiger partial charge in [-0.15, -0.1) is 0 Å². The van der Waals surface area contributed by atoms with Crippen LogP contribution in [0.15, 0.2) is 0 Å². The molecule has 17 atom stereocenters. The van der Waals surface area contributed by atoms with Crippen molar-refractivity contribution in [2.24, 2.45) is 50.7 Å². The fraction of sp³-hybridized carbons (Fsp3) is 0.875. The Hall–Kier alpha value is -3.30. The quantitative estimate of drug-likeness (QED) is 0.116. The Kier molecular flexibility index (Phi) is 12.5. The Morgan fingerprint density at radius 2 is 1.24 bits per heavy atom. The summed E-state index contributed by atoms with van der Waals surface area (Å²) in [5.41, 5.74) is -1.64. The lowest BCUT2D eigenvalue weighted by atomic mass is 9.37. The summed E-state index contributed by atoms with van der Waals surface area (Å²) in [6.45, 7) is 22.9. The molecule has 63 heavy (non-hydrogen) atoms. The molecule has 2 aliphatic heterocycles. The number of carbonyl (C=O) groups excluding carboxylic acids is 6. The first-order valence-corrected chi connectivity index (χ1v) is 23.2. The maximum atomic E-state index is 12.9. The second-order valence-corrected chi connectivity index (χ2v) is 21.9. The van der Waals surface area contributed by atoms with Crippen LogP contribution in [-0.2, 0) is 71.4 Å². The van der Waals surface area contributed by atoms with Crippen LogP contribution in [0.5, 0.6) is 0 Å². The van der Waals surface area contributed by atoms with Crippen molar-refractivity contribution in [3.05, 3.63) is 0 Å². The first-order chi connectivity index (χ1) is 29.2. The Morgan fingerprint density at radius 1 is 0.635 bits per heavy atom. The summed E-state index contributed by atoms with van der Waals surface area (Å²) in [6.07, 6.45) is 0.285. The third-order valence-corrected chi connectivity index (χ3v) is 17.7. The van der Waals surface area contributed by atoms with Gasteiger partial charge in [0, 0.05) is 52.4 Å². The first kappa shape index (κ1) is 47.7. The molecule has 0 radical (unpaired) electrons. The second-order valence-electron chi connectivity index (χ2n) is 21.9.